The first-order chi connectivity index (χ1) is 15.1. The first kappa shape index (κ1) is 20.6. The molecule has 31 heavy (non-hydrogen) atoms. The van der Waals surface area contributed by atoms with E-state index in [1.165, 1.54) is 0 Å². The normalized spacial score (nSPS) is 11.4. The summed E-state index contributed by atoms with van der Waals surface area (Å²) in [5.74, 6) is 2.44. The molecule has 0 bridgehead atoms. The molecule has 3 aromatic carbocycles. The van der Waals surface area contributed by atoms with E-state index in [0.717, 1.165) is 27.7 Å². The lowest BCUT2D eigenvalue weighted by atomic mass is 10.1. The van der Waals surface area contributed by atoms with Crippen molar-refractivity contribution in [2.75, 3.05) is 19.6 Å². The third-order valence-electron chi connectivity index (χ3n) is 4.85. The highest BCUT2D eigenvalue weighted by Gasteiger charge is 2.12. The van der Waals surface area contributed by atoms with Gasteiger partial charge in [0.25, 0.3) is 0 Å². The molecule has 7 heteroatoms. The minimum absolute atomic E-state index is 0.533. The minimum atomic E-state index is 0.533. The Bertz CT molecular complexity index is 1270. The Balaban J connectivity index is 1.73. The highest BCUT2D eigenvalue weighted by molar-refractivity contribution is 6.33. The van der Waals surface area contributed by atoms with Crippen LogP contribution in [0.4, 0.5) is 5.82 Å². The zero-order valence-electron chi connectivity index (χ0n) is 17.4. The molecule has 0 saturated heterocycles. The van der Waals surface area contributed by atoms with Gasteiger partial charge in [0.1, 0.15) is 0 Å². The van der Waals surface area contributed by atoms with Crippen molar-refractivity contribution in [3.05, 3.63) is 77.3 Å². The van der Waals surface area contributed by atoms with Gasteiger partial charge in [0.15, 0.2) is 23.1 Å². The Morgan fingerprint density at radius 2 is 1.65 bits per heavy atom. The molecule has 0 radical (unpaired) electrons. The van der Waals surface area contributed by atoms with E-state index >= 15 is 0 Å². The van der Waals surface area contributed by atoms with Crippen LogP contribution in [-0.4, -0.2) is 29.9 Å². The van der Waals surface area contributed by atoms with Crippen LogP contribution in [-0.2, 0) is 0 Å². The van der Waals surface area contributed by atoms with Crippen LogP contribution in [0.3, 0.4) is 0 Å². The molecule has 4 rings (SSSR count). The summed E-state index contributed by atoms with van der Waals surface area (Å²) in [6.07, 6.45) is 0. The molecular formula is C24H21ClN4O2. The van der Waals surface area contributed by atoms with Gasteiger partial charge >= 0.3 is 0 Å². The van der Waals surface area contributed by atoms with Gasteiger partial charge < -0.3 is 9.47 Å². The van der Waals surface area contributed by atoms with Crippen molar-refractivity contribution in [1.29, 1.82) is 0 Å². The molecule has 1 heterocycles. The van der Waals surface area contributed by atoms with Crippen LogP contribution in [0.15, 0.2) is 71.8 Å². The topological polar surface area (TPSA) is 68.6 Å². The van der Waals surface area contributed by atoms with E-state index in [-0.39, 0.29) is 0 Å². The number of hydrogen-bond acceptors (Lipinski definition) is 6. The molecule has 156 valence electrons. The highest BCUT2D eigenvalue weighted by atomic mass is 35.5. The van der Waals surface area contributed by atoms with Gasteiger partial charge in [-0.25, -0.2) is 9.97 Å². The number of methoxy groups -OCH3 is 2. The number of ether oxygens (including phenoxy) is 2. The van der Waals surface area contributed by atoms with Crippen LogP contribution in [0.2, 0.25) is 5.02 Å². The third kappa shape index (κ3) is 4.29. The minimum Gasteiger partial charge on any atom is -0.493 e. The SMILES string of the molecule is COc1ccc(/C(C)=N/Nc2nc(-c3ccccc3Cl)nc3ccccc23)cc1OC. The van der Waals surface area contributed by atoms with Crippen LogP contribution in [0.1, 0.15) is 12.5 Å². The Morgan fingerprint density at radius 3 is 2.42 bits per heavy atom. The maximum atomic E-state index is 6.37. The fraction of sp³-hybridized carbons (Fsp3) is 0.125. The first-order valence-corrected chi connectivity index (χ1v) is 10.0. The van der Waals surface area contributed by atoms with Crippen LogP contribution >= 0.6 is 11.6 Å². The predicted molar refractivity (Wildman–Crippen MR) is 125 cm³/mol. The molecule has 6 nitrogen and oxygen atoms in total. The first-order valence-electron chi connectivity index (χ1n) is 9.65. The molecule has 1 N–H and O–H groups in total. The van der Waals surface area contributed by atoms with Crippen molar-refractivity contribution in [1.82, 2.24) is 9.97 Å². The summed E-state index contributed by atoms with van der Waals surface area (Å²) in [5.41, 5.74) is 6.33. The molecule has 0 amide bonds. The zero-order chi connectivity index (χ0) is 21.8. The van der Waals surface area contributed by atoms with Gasteiger partial charge in [-0.3, -0.25) is 5.43 Å². The van der Waals surface area contributed by atoms with E-state index in [0.29, 0.717) is 28.2 Å². The molecule has 0 spiro atoms. The van der Waals surface area contributed by atoms with Gasteiger partial charge in [0.2, 0.25) is 0 Å². The number of fused-ring (bicyclic) bond motifs is 1. The van der Waals surface area contributed by atoms with Gasteiger partial charge in [-0.15, -0.1) is 0 Å². The van der Waals surface area contributed by atoms with Crippen molar-refractivity contribution in [3.8, 4) is 22.9 Å². The monoisotopic (exact) mass is 432 g/mol. The van der Waals surface area contributed by atoms with Gasteiger partial charge in [-0.05, 0) is 49.4 Å². The second-order valence-corrected chi connectivity index (χ2v) is 7.18. The van der Waals surface area contributed by atoms with Crippen LogP contribution < -0.4 is 14.9 Å². The van der Waals surface area contributed by atoms with Crippen LogP contribution in [0, 0.1) is 0 Å². The predicted octanol–water partition coefficient (Wildman–Crippen LogP) is 5.80. The van der Waals surface area contributed by atoms with E-state index in [9.17, 15) is 0 Å². The average molecular weight is 433 g/mol. The summed E-state index contributed by atoms with van der Waals surface area (Å²) in [7, 11) is 3.21. The van der Waals surface area contributed by atoms with E-state index in [1.54, 1.807) is 14.2 Å². The number of anilines is 1. The molecule has 1 aromatic heterocycles. The lowest BCUT2D eigenvalue weighted by Crippen LogP contribution is -2.04. The van der Waals surface area contributed by atoms with Crippen molar-refractivity contribution >= 4 is 34.0 Å². The van der Waals surface area contributed by atoms with E-state index in [1.807, 2.05) is 73.7 Å². The molecule has 0 aliphatic heterocycles. The maximum Gasteiger partial charge on any atom is 0.163 e. The Morgan fingerprint density at radius 1 is 0.903 bits per heavy atom. The largest absolute Gasteiger partial charge is 0.493 e. The number of nitrogens with zero attached hydrogens (tertiary/aromatic N) is 3. The van der Waals surface area contributed by atoms with Crippen molar-refractivity contribution in [3.63, 3.8) is 0 Å². The number of para-hydroxylation sites is 1. The standard InChI is InChI=1S/C24H21ClN4O2/c1-15(16-12-13-21(30-2)22(14-16)31-3)28-29-24-18-9-5-7-11-20(18)26-23(27-24)17-8-4-6-10-19(17)25/h4-14H,1-3H3,(H,26,27,29)/b28-15+. The zero-order valence-corrected chi connectivity index (χ0v) is 18.1. The second-order valence-electron chi connectivity index (χ2n) is 6.77. The lowest BCUT2D eigenvalue weighted by Gasteiger charge is -2.11. The smallest absolute Gasteiger partial charge is 0.163 e. The van der Waals surface area contributed by atoms with E-state index < -0.39 is 0 Å². The number of nitrogens with one attached hydrogen (secondary N) is 1. The summed E-state index contributed by atoms with van der Waals surface area (Å²) in [5, 5.41) is 6.00. The summed E-state index contributed by atoms with van der Waals surface area (Å²) >= 11 is 6.37. The maximum absolute atomic E-state index is 6.37. The van der Waals surface area contributed by atoms with Crippen molar-refractivity contribution < 1.29 is 9.47 Å². The number of rotatable bonds is 6. The average Bonchev–Trinajstić information content (AvgIpc) is 2.81. The Kier molecular flexibility index (Phi) is 6.00. The summed E-state index contributed by atoms with van der Waals surface area (Å²) in [6.45, 7) is 1.91. The van der Waals surface area contributed by atoms with Gasteiger partial charge in [-0.2, -0.15) is 5.10 Å². The number of aromatic nitrogens is 2. The highest BCUT2D eigenvalue weighted by Crippen LogP contribution is 2.30. The van der Waals surface area contributed by atoms with Crippen molar-refractivity contribution in [2.45, 2.75) is 6.92 Å². The molecule has 0 atom stereocenters. The molecule has 0 fully saturated rings. The number of halogens is 1. The molecule has 4 aromatic rings. The summed E-state index contributed by atoms with van der Waals surface area (Å²) in [6, 6.07) is 20.9. The second kappa shape index (κ2) is 9.02. The molecular weight excluding hydrogens is 412 g/mol. The number of benzene rings is 3. The van der Waals surface area contributed by atoms with E-state index in [4.69, 9.17) is 26.1 Å². The van der Waals surface area contributed by atoms with Gasteiger partial charge in [0, 0.05) is 16.5 Å². The van der Waals surface area contributed by atoms with Crippen LogP contribution in [0.5, 0.6) is 11.5 Å². The summed E-state index contributed by atoms with van der Waals surface area (Å²) < 4.78 is 10.7. The lowest BCUT2D eigenvalue weighted by molar-refractivity contribution is 0.355. The third-order valence-corrected chi connectivity index (χ3v) is 5.18. The number of hydrazone groups is 1. The Hall–Kier alpha value is -3.64. The fourth-order valence-corrected chi connectivity index (χ4v) is 3.41. The van der Waals surface area contributed by atoms with Crippen LogP contribution in [0.25, 0.3) is 22.3 Å². The quantitative estimate of drug-likeness (QED) is 0.308. The number of hydrogen-bond donors (Lipinski definition) is 1. The summed E-state index contributed by atoms with van der Waals surface area (Å²) in [4.78, 5) is 9.38. The van der Waals surface area contributed by atoms with Crippen molar-refractivity contribution in [2.24, 2.45) is 5.10 Å². The molecule has 0 unspecified atom stereocenters. The van der Waals surface area contributed by atoms with Gasteiger partial charge in [0.05, 0.1) is 30.5 Å². The molecule has 0 saturated carbocycles. The van der Waals surface area contributed by atoms with Gasteiger partial charge in [-0.1, -0.05) is 35.9 Å². The Labute approximate surface area is 185 Å². The fourth-order valence-electron chi connectivity index (χ4n) is 3.19. The van der Waals surface area contributed by atoms with E-state index in [2.05, 4.69) is 15.5 Å². The molecule has 0 aliphatic carbocycles. The molecule has 0 aliphatic rings.